The number of carbonyl (C=O) groups excluding carboxylic acids is 2. The molecule has 2 amide bonds. The van der Waals surface area contributed by atoms with Crippen molar-refractivity contribution in [2.45, 2.75) is 54.0 Å². The first-order valence-electron chi connectivity index (χ1n) is 6.67. The highest BCUT2D eigenvalue weighted by atomic mass is 16.3. The second-order valence-corrected chi connectivity index (χ2v) is 7.06. The third-order valence-corrected chi connectivity index (χ3v) is 2.66. The van der Waals surface area contributed by atoms with Gasteiger partial charge in [-0.15, -0.1) is 0 Å². The fourth-order valence-corrected chi connectivity index (χ4v) is 1.25. The summed E-state index contributed by atoms with van der Waals surface area (Å²) >= 11 is 0. The van der Waals surface area contributed by atoms with E-state index < -0.39 is 18.1 Å². The molecule has 0 radical (unpaired) electrons. The van der Waals surface area contributed by atoms with E-state index in [0.29, 0.717) is 6.54 Å². The van der Waals surface area contributed by atoms with Crippen LogP contribution >= 0.6 is 0 Å². The molecule has 3 N–H and O–H groups in total. The summed E-state index contributed by atoms with van der Waals surface area (Å²) in [6.45, 7) is 11.7. The Balaban J connectivity index is 4.30. The summed E-state index contributed by atoms with van der Waals surface area (Å²) < 4.78 is 0. The maximum Gasteiger partial charge on any atom is 0.244 e. The van der Waals surface area contributed by atoms with Crippen LogP contribution in [0.15, 0.2) is 0 Å². The van der Waals surface area contributed by atoms with E-state index in [1.807, 2.05) is 0 Å². The Bertz CT molecular complexity index is 314. The van der Waals surface area contributed by atoms with Gasteiger partial charge in [-0.1, -0.05) is 41.5 Å². The molecule has 0 spiro atoms. The number of rotatable bonds is 5. The number of hydrogen-bond acceptors (Lipinski definition) is 3. The summed E-state index contributed by atoms with van der Waals surface area (Å²) in [5.74, 6) is -0.595. The summed E-state index contributed by atoms with van der Waals surface area (Å²) in [4.78, 5) is 23.6. The zero-order valence-electron chi connectivity index (χ0n) is 13.0. The Hall–Kier alpha value is -1.10. The molecule has 5 heteroatoms. The smallest absolute Gasteiger partial charge is 0.244 e. The van der Waals surface area contributed by atoms with Crippen LogP contribution in [-0.2, 0) is 9.59 Å². The molecule has 0 saturated carbocycles. The van der Waals surface area contributed by atoms with Crippen molar-refractivity contribution in [3.8, 4) is 0 Å². The van der Waals surface area contributed by atoms with E-state index in [2.05, 4.69) is 31.4 Å². The molecule has 112 valence electrons. The molecule has 0 saturated heterocycles. The van der Waals surface area contributed by atoms with Crippen LogP contribution in [-0.4, -0.2) is 36.1 Å². The summed E-state index contributed by atoms with van der Waals surface area (Å²) in [6, 6.07) is -0.883. The fraction of sp³-hybridized carbons (Fsp3) is 0.857. The van der Waals surface area contributed by atoms with Gasteiger partial charge in [0.25, 0.3) is 0 Å². The van der Waals surface area contributed by atoms with E-state index in [9.17, 15) is 14.7 Å². The van der Waals surface area contributed by atoms with Gasteiger partial charge in [-0.25, -0.2) is 0 Å². The standard InChI is InChI=1S/C14H28N2O3/c1-13(2,3)7-8-15-11(18)10(9-17)16-12(19)14(4,5)6/h10,17H,7-9H2,1-6H3,(H,15,18)(H,16,19). The van der Waals surface area contributed by atoms with Crippen molar-refractivity contribution in [1.82, 2.24) is 10.6 Å². The third-order valence-electron chi connectivity index (χ3n) is 2.66. The van der Waals surface area contributed by atoms with Crippen LogP contribution in [0, 0.1) is 10.8 Å². The molecule has 0 aliphatic carbocycles. The molecule has 5 nitrogen and oxygen atoms in total. The van der Waals surface area contributed by atoms with Crippen molar-refractivity contribution in [3.63, 3.8) is 0 Å². The number of aliphatic hydroxyl groups excluding tert-OH is 1. The number of carbonyl (C=O) groups is 2. The molecule has 0 heterocycles. The Morgan fingerprint density at radius 3 is 2.00 bits per heavy atom. The van der Waals surface area contributed by atoms with Gasteiger partial charge in [-0.3, -0.25) is 9.59 Å². The highest BCUT2D eigenvalue weighted by Gasteiger charge is 2.27. The van der Waals surface area contributed by atoms with Crippen molar-refractivity contribution < 1.29 is 14.7 Å². The van der Waals surface area contributed by atoms with Crippen LogP contribution in [0.4, 0.5) is 0 Å². The number of nitrogens with one attached hydrogen (secondary N) is 2. The van der Waals surface area contributed by atoms with Crippen molar-refractivity contribution in [3.05, 3.63) is 0 Å². The van der Waals surface area contributed by atoms with Crippen LogP contribution in [0.2, 0.25) is 0 Å². The minimum Gasteiger partial charge on any atom is -0.394 e. The van der Waals surface area contributed by atoms with Crippen LogP contribution in [0.25, 0.3) is 0 Å². The highest BCUT2D eigenvalue weighted by Crippen LogP contribution is 2.17. The van der Waals surface area contributed by atoms with Gasteiger partial charge >= 0.3 is 0 Å². The molecule has 0 bridgehead atoms. The Morgan fingerprint density at radius 1 is 1.11 bits per heavy atom. The Labute approximate surface area is 116 Å². The predicted molar refractivity (Wildman–Crippen MR) is 75.6 cm³/mol. The lowest BCUT2D eigenvalue weighted by Gasteiger charge is -2.23. The molecular formula is C14H28N2O3. The van der Waals surface area contributed by atoms with E-state index in [4.69, 9.17) is 0 Å². The summed E-state index contributed by atoms with van der Waals surface area (Å²) in [7, 11) is 0. The van der Waals surface area contributed by atoms with E-state index in [1.54, 1.807) is 20.8 Å². The zero-order chi connectivity index (χ0) is 15.3. The average molecular weight is 272 g/mol. The van der Waals surface area contributed by atoms with Crippen LogP contribution < -0.4 is 10.6 Å². The molecule has 0 aliphatic rings. The second kappa shape index (κ2) is 6.89. The Morgan fingerprint density at radius 2 is 1.63 bits per heavy atom. The molecular weight excluding hydrogens is 244 g/mol. The fourth-order valence-electron chi connectivity index (χ4n) is 1.25. The lowest BCUT2D eigenvalue weighted by molar-refractivity contribution is -0.134. The van der Waals surface area contributed by atoms with E-state index >= 15 is 0 Å². The molecule has 1 unspecified atom stereocenters. The van der Waals surface area contributed by atoms with Gasteiger partial charge in [0.2, 0.25) is 11.8 Å². The van der Waals surface area contributed by atoms with E-state index in [1.165, 1.54) is 0 Å². The predicted octanol–water partition coefficient (Wildman–Crippen LogP) is 1.06. The van der Waals surface area contributed by atoms with Gasteiger partial charge in [-0.05, 0) is 11.8 Å². The molecule has 0 rings (SSSR count). The maximum atomic E-state index is 11.8. The van der Waals surface area contributed by atoms with Crippen molar-refractivity contribution in [2.75, 3.05) is 13.2 Å². The lowest BCUT2D eigenvalue weighted by Crippen LogP contribution is -2.52. The first-order valence-corrected chi connectivity index (χ1v) is 6.67. The maximum absolute atomic E-state index is 11.8. The molecule has 0 aromatic rings. The Kier molecular flexibility index (Phi) is 6.49. The summed E-state index contributed by atoms with van der Waals surface area (Å²) in [5, 5.41) is 14.5. The van der Waals surface area contributed by atoms with Gasteiger partial charge in [-0.2, -0.15) is 0 Å². The van der Waals surface area contributed by atoms with Crippen LogP contribution in [0.5, 0.6) is 0 Å². The first kappa shape index (κ1) is 17.9. The molecule has 0 fully saturated rings. The van der Waals surface area contributed by atoms with Crippen LogP contribution in [0.3, 0.4) is 0 Å². The largest absolute Gasteiger partial charge is 0.394 e. The van der Waals surface area contributed by atoms with Gasteiger partial charge in [0.05, 0.1) is 6.61 Å². The van der Waals surface area contributed by atoms with Gasteiger partial charge in [0.15, 0.2) is 0 Å². The summed E-state index contributed by atoms with van der Waals surface area (Å²) in [6.07, 6.45) is 0.837. The third kappa shape index (κ3) is 7.82. The molecule has 0 aromatic carbocycles. The second-order valence-electron chi connectivity index (χ2n) is 7.06. The van der Waals surface area contributed by atoms with Crippen molar-refractivity contribution >= 4 is 11.8 Å². The number of aliphatic hydroxyl groups is 1. The van der Waals surface area contributed by atoms with Gasteiger partial charge in [0.1, 0.15) is 6.04 Å². The van der Waals surface area contributed by atoms with Crippen molar-refractivity contribution in [2.24, 2.45) is 10.8 Å². The van der Waals surface area contributed by atoms with Crippen molar-refractivity contribution in [1.29, 1.82) is 0 Å². The average Bonchev–Trinajstić information content (AvgIpc) is 2.21. The number of amides is 2. The molecule has 1 atom stereocenters. The summed E-state index contributed by atoms with van der Waals surface area (Å²) in [5.41, 5.74) is -0.449. The zero-order valence-corrected chi connectivity index (χ0v) is 13.0. The minimum absolute atomic E-state index is 0.136. The molecule has 0 aliphatic heterocycles. The first-order chi connectivity index (χ1) is 8.47. The van der Waals surface area contributed by atoms with Gasteiger partial charge in [0, 0.05) is 12.0 Å². The SMILES string of the molecule is CC(C)(C)CCNC(=O)C(CO)NC(=O)C(C)(C)C. The van der Waals surface area contributed by atoms with E-state index in [0.717, 1.165) is 6.42 Å². The van der Waals surface area contributed by atoms with Gasteiger partial charge < -0.3 is 15.7 Å². The minimum atomic E-state index is -0.883. The molecule has 0 aromatic heterocycles. The number of hydrogen-bond donors (Lipinski definition) is 3. The highest BCUT2D eigenvalue weighted by molar-refractivity contribution is 5.89. The quantitative estimate of drug-likeness (QED) is 0.700. The topological polar surface area (TPSA) is 78.4 Å². The van der Waals surface area contributed by atoms with E-state index in [-0.39, 0.29) is 17.2 Å². The lowest BCUT2D eigenvalue weighted by atomic mass is 9.92. The normalized spacial score (nSPS) is 13.8. The van der Waals surface area contributed by atoms with Crippen LogP contribution in [0.1, 0.15) is 48.0 Å². The monoisotopic (exact) mass is 272 g/mol. The molecule has 19 heavy (non-hydrogen) atoms.